The fraction of sp³-hybridized carbons (Fsp3) is 0.385. The van der Waals surface area contributed by atoms with Gasteiger partial charge in [-0.05, 0) is 30.7 Å². The minimum atomic E-state index is 0.0460. The molecule has 0 radical (unpaired) electrons. The molecule has 1 aromatic carbocycles. The summed E-state index contributed by atoms with van der Waals surface area (Å²) in [6, 6.07) is 7.50. The van der Waals surface area contributed by atoms with Gasteiger partial charge in [0.25, 0.3) is 0 Å². The lowest BCUT2D eigenvalue weighted by atomic mass is 10.3. The fourth-order valence-corrected chi connectivity index (χ4v) is 2.73. The minimum absolute atomic E-state index is 0.0460. The van der Waals surface area contributed by atoms with Crippen LogP contribution >= 0.6 is 24.0 Å². The maximum absolute atomic E-state index is 11.7. The van der Waals surface area contributed by atoms with Crippen molar-refractivity contribution in [1.82, 2.24) is 0 Å². The smallest absolute Gasteiger partial charge is 0.243 e. The van der Waals surface area contributed by atoms with Gasteiger partial charge in [-0.1, -0.05) is 37.3 Å². The monoisotopic (exact) mass is 281 g/mol. The normalized spacial score (nSPS) is 15.3. The molecule has 18 heavy (non-hydrogen) atoms. The standard InChI is InChI=1S/C13H15NO2S2/c1-2-3-8-16-11-6-4-10(5-7-11)14-12(15)9-18-13(14)17/h4-7H,2-3,8-9H2,1H3. The van der Waals surface area contributed by atoms with Crippen LogP contribution in [0.3, 0.4) is 0 Å². The van der Waals surface area contributed by atoms with E-state index in [4.69, 9.17) is 17.0 Å². The zero-order valence-electron chi connectivity index (χ0n) is 10.2. The largest absolute Gasteiger partial charge is 0.494 e. The van der Waals surface area contributed by atoms with Crippen LogP contribution in [-0.2, 0) is 4.79 Å². The van der Waals surface area contributed by atoms with E-state index < -0.39 is 0 Å². The molecule has 1 amide bonds. The summed E-state index contributed by atoms with van der Waals surface area (Å²) in [7, 11) is 0. The van der Waals surface area contributed by atoms with E-state index in [1.165, 1.54) is 11.8 Å². The molecule has 1 aliphatic heterocycles. The Morgan fingerprint density at radius 3 is 2.67 bits per heavy atom. The number of hydrogen-bond acceptors (Lipinski definition) is 4. The SMILES string of the molecule is CCCCOc1ccc(N2C(=O)CSC2=S)cc1. The van der Waals surface area contributed by atoms with Gasteiger partial charge in [-0.15, -0.1) is 0 Å². The Morgan fingerprint density at radius 1 is 1.39 bits per heavy atom. The molecule has 0 spiro atoms. The lowest BCUT2D eigenvalue weighted by Gasteiger charge is -2.15. The first kappa shape index (κ1) is 13.4. The highest BCUT2D eigenvalue weighted by molar-refractivity contribution is 8.24. The van der Waals surface area contributed by atoms with Crippen molar-refractivity contribution in [2.75, 3.05) is 17.3 Å². The molecular weight excluding hydrogens is 266 g/mol. The maximum atomic E-state index is 11.7. The molecule has 0 aliphatic carbocycles. The summed E-state index contributed by atoms with van der Waals surface area (Å²) in [5, 5.41) is 0. The van der Waals surface area contributed by atoms with Crippen molar-refractivity contribution in [1.29, 1.82) is 0 Å². The van der Waals surface area contributed by atoms with Gasteiger partial charge in [-0.25, -0.2) is 0 Å². The summed E-state index contributed by atoms with van der Waals surface area (Å²) in [6.07, 6.45) is 2.17. The van der Waals surface area contributed by atoms with E-state index in [0.29, 0.717) is 10.1 Å². The molecule has 0 unspecified atom stereocenters. The first-order chi connectivity index (χ1) is 8.72. The molecule has 0 saturated carbocycles. The molecule has 0 atom stereocenters. The third-order valence-corrected chi connectivity index (χ3v) is 3.97. The molecule has 5 heteroatoms. The number of ether oxygens (including phenoxy) is 1. The molecule has 1 saturated heterocycles. The number of thioether (sulfide) groups is 1. The van der Waals surface area contributed by atoms with Crippen molar-refractivity contribution >= 4 is 39.9 Å². The van der Waals surface area contributed by atoms with Crippen LogP contribution in [0, 0.1) is 0 Å². The second-order valence-electron chi connectivity index (χ2n) is 3.98. The maximum Gasteiger partial charge on any atom is 0.243 e. The molecule has 1 aliphatic rings. The van der Waals surface area contributed by atoms with Crippen molar-refractivity contribution in [2.24, 2.45) is 0 Å². The Labute approximate surface area is 116 Å². The van der Waals surface area contributed by atoms with Gasteiger partial charge in [0.1, 0.15) is 10.1 Å². The van der Waals surface area contributed by atoms with Crippen LogP contribution in [0.1, 0.15) is 19.8 Å². The second kappa shape index (κ2) is 6.20. The molecule has 1 heterocycles. The predicted molar refractivity (Wildman–Crippen MR) is 79.4 cm³/mol. The Balaban J connectivity index is 2.03. The average Bonchev–Trinajstić information content (AvgIpc) is 2.71. The Kier molecular flexibility index (Phi) is 4.60. The van der Waals surface area contributed by atoms with E-state index in [2.05, 4.69) is 6.92 Å². The summed E-state index contributed by atoms with van der Waals surface area (Å²) >= 11 is 6.56. The number of thiocarbonyl (C=S) groups is 1. The number of rotatable bonds is 5. The van der Waals surface area contributed by atoms with Gasteiger partial charge in [0, 0.05) is 0 Å². The molecule has 0 aromatic heterocycles. The van der Waals surface area contributed by atoms with Crippen LogP contribution in [0.4, 0.5) is 5.69 Å². The predicted octanol–water partition coefficient (Wildman–Crippen LogP) is 3.23. The molecular formula is C13H15NO2S2. The van der Waals surface area contributed by atoms with Crippen LogP contribution in [0.25, 0.3) is 0 Å². The molecule has 3 nitrogen and oxygen atoms in total. The van der Waals surface area contributed by atoms with Gasteiger partial charge in [0.05, 0.1) is 18.0 Å². The van der Waals surface area contributed by atoms with Crippen molar-refractivity contribution in [3.05, 3.63) is 24.3 Å². The van der Waals surface area contributed by atoms with Crippen molar-refractivity contribution < 1.29 is 9.53 Å². The quantitative estimate of drug-likeness (QED) is 0.612. The topological polar surface area (TPSA) is 29.5 Å². The van der Waals surface area contributed by atoms with Crippen LogP contribution in [0.2, 0.25) is 0 Å². The van der Waals surface area contributed by atoms with E-state index >= 15 is 0 Å². The number of hydrogen-bond donors (Lipinski definition) is 0. The zero-order chi connectivity index (χ0) is 13.0. The van der Waals surface area contributed by atoms with Gasteiger partial charge >= 0.3 is 0 Å². The Hall–Kier alpha value is -1.07. The number of nitrogens with zero attached hydrogens (tertiary/aromatic N) is 1. The van der Waals surface area contributed by atoms with Crippen LogP contribution < -0.4 is 9.64 Å². The van der Waals surface area contributed by atoms with Gasteiger partial charge in [0.2, 0.25) is 5.91 Å². The van der Waals surface area contributed by atoms with Crippen LogP contribution in [-0.4, -0.2) is 22.6 Å². The third-order valence-electron chi connectivity index (χ3n) is 2.61. The van der Waals surface area contributed by atoms with E-state index in [1.807, 2.05) is 24.3 Å². The van der Waals surface area contributed by atoms with Crippen LogP contribution in [0.5, 0.6) is 5.75 Å². The Morgan fingerprint density at radius 2 is 2.11 bits per heavy atom. The highest BCUT2D eigenvalue weighted by atomic mass is 32.2. The van der Waals surface area contributed by atoms with E-state index in [9.17, 15) is 4.79 Å². The van der Waals surface area contributed by atoms with Gasteiger partial charge in [0.15, 0.2) is 0 Å². The number of carbonyl (C=O) groups is 1. The van der Waals surface area contributed by atoms with Gasteiger partial charge in [-0.3, -0.25) is 9.69 Å². The van der Waals surface area contributed by atoms with E-state index in [0.717, 1.165) is 30.9 Å². The van der Waals surface area contributed by atoms with Crippen molar-refractivity contribution in [3.8, 4) is 5.75 Å². The van der Waals surface area contributed by atoms with Gasteiger partial charge < -0.3 is 4.74 Å². The molecule has 1 aromatic rings. The second-order valence-corrected chi connectivity index (χ2v) is 5.59. The summed E-state index contributed by atoms with van der Waals surface area (Å²) in [5.74, 6) is 1.31. The summed E-state index contributed by atoms with van der Waals surface area (Å²) < 4.78 is 6.20. The minimum Gasteiger partial charge on any atom is -0.494 e. The number of unbranched alkanes of at least 4 members (excludes halogenated alkanes) is 1. The summed E-state index contributed by atoms with van der Waals surface area (Å²) in [4.78, 5) is 13.2. The van der Waals surface area contributed by atoms with E-state index in [-0.39, 0.29) is 5.91 Å². The van der Waals surface area contributed by atoms with Crippen molar-refractivity contribution in [3.63, 3.8) is 0 Å². The van der Waals surface area contributed by atoms with Gasteiger partial charge in [-0.2, -0.15) is 0 Å². The molecule has 0 bridgehead atoms. The number of carbonyl (C=O) groups excluding carboxylic acids is 1. The lowest BCUT2D eigenvalue weighted by molar-refractivity contribution is -0.115. The van der Waals surface area contributed by atoms with Crippen molar-refractivity contribution in [2.45, 2.75) is 19.8 Å². The Bertz CT molecular complexity index is 429. The third kappa shape index (κ3) is 3.03. The first-order valence-electron chi connectivity index (χ1n) is 5.95. The summed E-state index contributed by atoms with van der Waals surface area (Å²) in [6.45, 7) is 2.86. The lowest BCUT2D eigenvalue weighted by Crippen LogP contribution is -2.27. The molecule has 0 N–H and O–H groups in total. The zero-order valence-corrected chi connectivity index (χ0v) is 11.9. The summed E-state index contributed by atoms with van der Waals surface area (Å²) in [5.41, 5.74) is 0.817. The first-order valence-corrected chi connectivity index (χ1v) is 7.34. The highest BCUT2D eigenvalue weighted by Gasteiger charge is 2.27. The number of amides is 1. The molecule has 96 valence electrons. The number of benzene rings is 1. The number of anilines is 1. The molecule has 1 fully saturated rings. The van der Waals surface area contributed by atoms with Crippen LogP contribution in [0.15, 0.2) is 24.3 Å². The average molecular weight is 281 g/mol. The fourth-order valence-electron chi connectivity index (χ4n) is 1.63. The van der Waals surface area contributed by atoms with E-state index in [1.54, 1.807) is 4.90 Å². The highest BCUT2D eigenvalue weighted by Crippen LogP contribution is 2.28. The molecule has 2 rings (SSSR count).